The highest BCUT2D eigenvalue weighted by atomic mass is 35.5. The molecule has 0 saturated carbocycles. The molecule has 0 heterocycles. The number of carbonyl (C=O) groups excluding carboxylic acids is 1. The van der Waals surface area contributed by atoms with Crippen molar-refractivity contribution in [3.8, 4) is 0 Å². The van der Waals surface area contributed by atoms with Crippen molar-refractivity contribution in [2.24, 2.45) is 0 Å². The van der Waals surface area contributed by atoms with Gasteiger partial charge in [0.1, 0.15) is 5.82 Å². The van der Waals surface area contributed by atoms with Gasteiger partial charge in [0, 0.05) is 5.02 Å². The normalized spacial score (nSPS) is 11.4. The Labute approximate surface area is 105 Å². The monoisotopic (exact) mass is 258 g/mol. The Hall–Kier alpha value is -1.13. The predicted molar refractivity (Wildman–Crippen MR) is 67.8 cm³/mol. The summed E-state index contributed by atoms with van der Waals surface area (Å²) in [6, 6.07) is 4.13. The van der Waals surface area contributed by atoms with E-state index < -0.39 is 11.4 Å². The van der Waals surface area contributed by atoms with E-state index in [9.17, 15) is 9.18 Å². The molecule has 0 radical (unpaired) electrons. The SMILES string of the molecule is CCNC(C)(C)C(=O)Nc1ccc(Cl)cc1F. The molecule has 1 amide bonds. The van der Waals surface area contributed by atoms with Gasteiger partial charge in [-0.15, -0.1) is 0 Å². The largest absolute Gasteiger partial charge is 0.322 e. The average Bonchev–Trinajstić information content (AvgIpc) is 2.22. The Bertz CT molecular complexity index is 421. The molecule has 0 aliphatic heterocycles. The van der Waals surface area contributed by atoms with Crippen molar-refractivity contribution < 1.29 is 9.18 Å². The van der Waals surface area contributed by atoms with Gasteiger partial charge in [-0.25, -0.2) is 4.39 Å². The molecule has 5 heteroatoms. The fourth-order valence-corrected chi connectivity index (χ4v) is 1.55. The third-order valence-corrected chi connectivity index (χ3v) is 2.60. The molecule has 0 aliphatic rings. The minimum Gasteiger partial charge on any atom is -0.322 e. The predicted octanol–water partition coefficient (Wildman–Crippen LogP) is 2.81. The zero-order valence-corrected chi connectivity index (χ0v) is 10.9. The summed E-state index contributed by atoms with van der Waals surface area (Å²) in [5.41, 5.74) is -0.619. The molecule has 0 atom stereocenters. The van der Waals surface area contributed by atoms with Gasteiger partial charge in [-0.1, -0.05) is 18.5 Å². The van der Waals surface area contributed by atoms with Gasteiger partial charge in [0.25, 0.3) is 0 Å². The quantitative estimate of drug-likeness (QED) is 0.872. The van der Waals surface area contributed by atoms with Gasteiger partial charge in [-0.3, -0.25) is 4.79 Å². The van der Waals surface area contributed by atoms with E-state index in [1.54, 1.807) is 13.8 Å². The van der Waals surface area contributed by atoms with Crippen LogP contribution in [-0.2, 0) is 4.79 Å². The van der Waals surface area contributed by atoms with Crippen LogP contribution in [0.1, 0.15) is 20.8 Å². The Morgan fingerprint density at radius 2 is 2.12 bits per heavy atom. The van der Waals surface area contributed by atoms with E-state index in [2.05, 4.69) is 10.6 Å². The average molecular weight is 259 g/mol. The number of amides is 1. The third-order valence-electron chi connectivity index (χ3n) is 2.37. The van der Waals surface area contributed by atoms with Crippen molar-refractivity contribution in [3.63, 3.8) is 0 Å². The molecule has 1 aromatic rings. The van der Waals surface area contributed by atoms with E-state index in [1.807, 2.05) is 6.92 Å². The van der Waals surface area contributed by atoms with E-state index >= 15 is 0 Å². The topological polar surface area (TPSA) is 41.1 Å². The number of anilines is 1. The molecule has 0 aliphatic carbocycles. The number of benzene rings is 1. The Kier molecular flexibility index (Phi) is 4.48. The van der Waals surface area contributed by atoms with Gasteiger partial charge in [-0.2, -0.15) is 0 Å². The summed E-state index contributed by atoms with van der Waals surface area (Å²) in [6.07, 6.45) is 0. The Balaban J connectivity index is 2.81. The lowest BCUT2D eigenvalue weighted by Crippen LogP contribution is -2.49. The van der Waals surface area contributed by atoms with Crippen molar-refractivity contribution >= 4 is 23.2 Å². The summed E-state index contributed by atoms with van der Waals surface area (Å²) in [7, 11) is 0. The van der Waals surface area contributed by atoms with Gasteiger partial charge < -0.3 is 10.6 Å². The highest BCUT2D eigenvalue weighted by Crippen LogP contribution is 2.19. The zero-order chi connectivity index (χ0) is 13.1. The minimum atomic E-state index is -0.749. The standard InChI is InChI=1S/C12H16ClFN2O/c1-4-15-12(2,3)11(17)16-10-6-5-8(13)7-9(10)14/h5-7,15H,4H2,1-3H3,(H,16,17). The molecule has 1 aromatic carbocycles. The molecule has 3 nitrogen and oxygen atoms in total. The van der Waals surface area contributed by atoms with Gasteiger partial charge in [0.05, 0.1) is 11.2 Å². The second-order valence-electron chi connectivity index (χ2n) is 4.23. The molecule has 0 fully saturated rings. The van der Waals surface area contributed by atoms with Crippen LogP contribution in [0.3, 0.4) is 0 Å². The van der Waals surface area contributed by atoms with Crippen LogP contribution in [0.4, 0.5) is 10.1 Å². The van der Waals surface area contributed by atoms with Crippen LogP contribution in [0.5, 0.6) is 0 Å². The number of nitrogens with one attached hydrogen (secondary N) is 2. The van der Waals surface area contributed by atoms with Crippen molar-refractivity contribution in [2.45, 2.75) is 26.3 Å². The van der Waals surface area contributed by atoms with E-state index in [1.165, 1.54) is 12.1 Å². The minimum absolute atomic E-state index is 0.130. The molecule has 0 saturated heterocycles. The number of hydrogen-bond acceptors (Lipinski definition) is 2. The summed E-state index contributed by atoms with van der Waals surface area (Å²) >= 11 is 5.63. The van der Waals surface area contributed by atoms with Gasteiger partial charge >= 0.3 is 0 Å². The molecular formula is C12H16ClFN2O. The second-order valence-corrected chi connectivity index (χ2v) is 4.67. The first-order chi connectivity index (χ1) is 7.86. The Morgan fingerprint density at radius 3 is 2.65 bits per heavy atom. The van der Waals surface area contributed by atoms with Gasteiger partial charge in [-0.05, 0) is 38.6 Å². The van der Waals surface area contributed by atoms with Crippen LogP contribution in [0.2, 0.25) is 5.02 Å². The molecule has 0 bridgehead atoms. The highest BCUT2D eigenvalue weighted by molar-refractivity contribution is 6.30. The maximum Gasteiger partial charge on any atom is 0.244 e. The second kappa shape index (κ2) is 5.47. The smallest absolute Gasteiger partial charge is 0.244 e. The lowest BCUT2D eigenvalue weighted by molar-refractivity contribution is -0.121. The number of hydrogen-bond donors (Lipinski definition) is 2. The first-order valence-electron chi connectivity index (χ1n) is 5.38. The van der Waals surface area contributed by atoms with E-state index in [4.69, 9.17) is 11.6 Å². The molecule has 0 unspecified atom stereocenters. The van der Waals surface area contributed by atoms with E-state index in [-0.39, 0.29) is 11.6 Å². The fraction of sp³-hybridized carbons (Fsp3) is 0.417. The first-order valence-corrected chi connectivity index (χ1v) is 5.76. The maximum absolute atomic E-state index is 13.5. The van der Waals surface area contributed by atoms with Crippen molar-refractivity contribution in [3.05, 3.63) is 29.0 Å². The summed E-state index contributed by atoms with van der Waals surface area (Å²) in [5, 5.41) is 5.84. The molecule has 17 heavy (non-hydrogen) atoms. The van der Waals surface area contributed by atoms with Crippen molar-refractivity contribution in [2.75, 3.05) is 11.9 Å². The molecular weight excluding hydrogens is 243 g/mol. The van der Waals surface area contributed by atoms with Crippen LogP contribution in [0.15, 0.2) is 18.2 Å². The molecule has 2 N–H and O–H groups in total. The highest BCUT2D eigenvalue weighted by Gasteiger charge is 2.26. The fourth-order valence-electron chi connectivity index (χ4n) is 1.39. The third kappa shape index (κ3) is 3.68. The number of halogens is 2. The zero-order valence-electron chi connectivity index (χ0n) is 10.1. The summed E-state index contributed by atoms with van der Waals surface area (Å²) < 4.78 is 13.5. The van der Waals surface area contributed by atoms with Crippen LogP contribution in [0.25, 0.3) is 0 Å². The molecule has 1 rings (SSSR count). The van der Waals surface area contributed by atoms with Crippen LogP contribution in [0, 0.1) is 5.82 Å². The van der Waals surface area contributed by atoms with Crippen molar-refractivity contribution in [1.82, 2.24) is 5.32 Å². The number of carbonyl (C=O) groups is 1. The van der Waals surface area contributed by atoms with Crippen molar-refractivity contribution in [1.29, 1.82) is 0 Å². The van der Waals surface area contributed by atoms with Gasteiger partial charge in [0.2, 0.25) is 5.91 Å². The summed E-state index contributed by atoms with van der Waals surface area (Å²) in [5.74, 6) is -0.835. The Morgan fingerprint density at radius 1 is 1.47 bits per heavy atom. The molecule has 94 valence electrons. The number of rotatable bonds is 4. The van der Waals surface area contributed by atoms with E-state index in [0.717, 1.165) is 6.07 Å². The summed E-state index contributed by atoms with van der Waals surface area (Å²) in [6.45, 7) is 6.03. The van der Waals surface area contributed by atoms with Gasteiger partial charge in [0.15, 0.2) is 0 Å². The summed E-state index contributed by atoms with van der Waals surface area (Å²) in [4.78, 5) is 11.9. The molecule has 0 aromatic heterocycles. The lowest BCUT2D eigenvalue weighted by Gasteiger charge is -2.24. The molecule has 0 spiro atoms. The lowest BCUT2D eigenvalue weighted by atomic mass is 10.0. The number of likely N-dealkylation sites (N-methyl/N-ethyl adjacent to an activating group) is 1. The first kappa shape index (κ1) is 13.9. The van der Waals surface area contributed by atoms with Crippen LogP contribution in [-0.4, -0.2) is 18.0 Å². The maximum atomic E-state index is 13.5. The van der Waals surface area contributed by atoms with Crippen LogP contribution < -0.4 is 10.6 Å². The van der Waals surface area contributed by atoms with Crippen LogP contribution >= 0.6 is 11.6 Å². The van der Waals surface area contributed by atoms with E-state index in [0.29, 0.717) is 11.6 Å².